The second-order valence-corrected chi connectivity index (χ2v) is 5.38. The minimum atomic E-state index is 0.634. The third-order valence-corrected chi connectivity index (χ3v) is 3.98. The van der Waals surface area contributed by atoms with Crippen LogP contribution in [0, 0.1) is 0 Å². The average molecular weight is 238 g/mol. The number of thiophene rings is 1. The van der Waals surface area contributed by atoms with Crippen molar-refractivity contribution in [1.82, 2.24) is 4.90 Å². The summed E-state index contributed by atoms with van der Waals surface area (Å²) in [5.74, 6) is 0. The zero-order valence-corrected chi connectivity index (χ0v) is 10.7. The van der Waals surface area contributed by atoms with Gasteiger partial charge in [0.25, 0.3) is 0 Å². The molecule has 1 aliphatic heterocycles. The number of anilines is 1. The zero-order chi connectivity index (χ0) is 11.5. The predicted molar refractivity (Wildman–Crippen MR) is 68.6 cm³/mol. The van der Waals surface area contributed by atoms with Crippen LogP contribution < -0.4 is 4.90 Å². The lowest BCUT2D eigenvalue weighted by molar-refractivity contribution is 0.112. The molecule has 0 amide bonds. The molecule has 2 rings (SSSR count). The number of piperazine rings is 1. The number of aldehydes is 1. The van der Waals surface area contributed by atoms with Crippen LogP contribution >= 0.6 is 11.3 Å². The van der Waals surface area contributed by atoms with Crippen molar-refractivity contribution in [3.05, 3.63) is 16.3 Å². The molecule has 0 aliphatic carbocycles. The maximum absolute atomic E-state index is 10.6. The van der Waals surface area contributed by atoms with Crippen molar-refractivity contribution >= 4 is 23.3 Å². The Balaban J connectivity index is 1.96. The average Bonchev–Trinajstić information content (AvgIpc) is 2.77. The first kappa shape index (κ1) is 11.6. The van der Waals surface area contributed by atoms with Crippen LogP contribution in [0.3, 0.4) is 0 Å². The van der Waals surface area contributed by atoms with Gasteiger partial charge in [0.05, 0.1) is 4.88 Å². The van der Waals surface area contributed by atoms with Crippen LogP contribution in [-0.4, -0.2) is 43.4 Å². The fourth-order valence-electron chi connectivity index (χ4n) is 2.07. The van der Waals surface area contributed by atoms with Gasteiger partial charge in [-0.1, -0.05) is 0 Å². The summed E-state index contributed by atoms with van der Waals surface area (Å²) >= 11 is 1.53. The van der Waals surface area contributed by atoms with E-state index < -0.39 is 0 Å². The van der Waals surface area contributed by atoms with Crippen LogP contribution in [0.25, 0.3) is 0 Å². The standard InChI is InChI=1S/C12H18N2OS/c1-10(2)13-3-5-14(6-4-13)11-7-12(8-15)16-9-11/h7-10H,3-6H2,1-2H3. The van der Waals surface area contributed by atoms with Crippen LogP contribution in [0.15, 0.2) is 11.4 Å². The molecular weight excluding hydrogens is 220 g/mol. The lowest BCUT2D eigenvalue weighted by atomic mass is 10.2. The van der Waals surface area contributed by atoms with Crippen LogP contribution in [0.4, 0.5) is 5.69 Å². The Morgan fingerprint density at radius 1 is 1.31 bits per heavy atom. The molecule has 0 radical (unpaired) electrons. The normalized spacial score (nSPS) is 18.1. The van der Waals surface area contributed by atoms with E-state index in [0.717, 1.165) is 37.3 Å². The number of rotatable bonds is 3. The number of hydrogen-bond donors (Lipinski definition) is 0. The minimum absolute atomic E-state index is 0.634. The monoisotopic (exact) mass is 238 g/mol. The van der Waals surface area contributed by atoms with Crippen molar-refractivity contribution in [3.8, 4) is 0 Å². The van der Waals surface area contributed by atoms with Gasteiger partial charge >= 0.3 is 0 Å². The second-order valence-electron chi connectivity index (χ2n) is 4.44. The molecule has 4 heteroatoms. The lowest BCUT2D eigenvalue weighted by Crippen LogP contribution is -2.48. The second kappa shape index (κ2) is 4.97. The maximum atomic E-state index is 10.6. The summed E-state index contributed by atoms with van der Waals surface area (Å²) in [5, 5.41) is 2.08. The van der Waals surface area contributed by atoms with Gasteiger partial charge in [-0.15, -0.1) is 11.3 Å². The van der Waals surface area contributed by atoms with E-state index in [2.05, 4.69) is 29.0 Å². The van der Waals surface area contributed by atoms with Gasteiger partial charge in [-0.3, -0.25) is 9.69 Å². The number of carbonyl (C=O) groups is 1. The Morgan fingerprint density at radius 2 is 2.00 bits per heavy atom. The smallest absolute Gasteiger partial charge is 0.160 e. The van der Waals surface area contributed by atoms with Gasteiger partial charge in [0, 0.05) is 43.3 Å². The van der Waals surface area contributed by atoms with Crippen LogP contribution in [0.2, 0.25) is 0 Å². The molecule has 1 fully saturated rings. The van der Waals surface area contributed by atoms with E-state index in [1.807, 2.05) is 6.07 Å². The molecule has 1 aliphatic rings. The highest BCUT2D eigenvalue weighted by Gasteiger charge is 2.19. The largest absolute Gasteiger partial charge is 0.368 e. The molecule has 0 atom stereocenters. The highest BCUT2D eigenvalue weighted by molar-refractivity contribution is 7.12. The highest BCUT2D eigenvalue weighted by Crippen LogP contribution is 2.23. The Labute approximate surface area is 101 Å². The summed E-state index contributed by atoms with van der Waals surface area (Å²) in [5.41, 5.74) is 1.20. The van der Waals surface area contributed by atoms with E-state index in [1.165, 1.54) is 17.0 Å². The maximum Gasteiger partial charge on any atom is 0.160 e. The first-order valence-corrected chi connectivity index (χ1v) is 6.61. The molecule has 0 aromatic carbocycles. The van der Waals surface area contributed by atoms with Gasteiger partial charge < -0.3 is 4.90 Å². The van der Waals surface area contributed by atoms with Gasteiger partial charge in [-0.05, 0) is 19.9 Å². The molecular formula is C12H18N2OS. The van der Waals surface area contributed by atoms with Gasteiger partial charge in [0.15, 0.2) is 6.29 Å². The number of carbonyl (C=O) groups excluding carboxylic acids is 1. The molecule has 0 spiro atoms. The molecule has 1 aromatic rings. The fraction of sp³-hybridized carbons (Fsp3) is 0.583. The topological polar surface area (TPSA) is 23.6 Å². The molecule has 2 heterocycles. The summed E-state index contributed by atoms with van der Waals surface area (Å²) in [6.45, 7) is 8.84. The SMILES string of the molecule is CC(C)N1CCN(c2csc(C=O)c2)CC1. The first-order chi connectivity index (χ1) is 7.70. The van der Waals surface area contributed by atoms with E-state index in [1.54, 1.807) is 0 Å². The Morgan fingerprint density at radius 3 is 2.50 bits per heavy atom. The molecule has 3 nitrogen and oxygen atoms in total. The summed E-state index contributed by atoms with van der Waals surface area (Å²) in [7, 11) is 0. The van der Waals surface area contributed by atoms with Gasteiger partial charge in [-0.2, -0.15) is 0 Å². The highest BCUT2D eigenvalue weighted by atomic mass is 32.1. The first-order valence-electron chi connectivity index (χ1n) is 5.73. The molecule has 0 N–H and O–H groups in total. The van der Waals surface area contributed by atoms with Crippen molar-refractivity contribution in [1.29, 1.82) is 0 Å². The molecule has 1 aromatic heterocycles. The predicted octanol–water partition coefficient (Wildman–Crippen LogP) is 2.09. The van der Waals surface area contributed by atoms with Crippen molar-refractivity contribution in [2.24, 2.45) is 0 Å². The Hall–Kier alpha value is -0.870. The van der Waals surface area contributed by atoms with Crippen LogP contribution in [-0.2, 0) is 0 Å². The Kier molecular flexibility index (Phi) is 3.61. The van der Waals surface area contributed by atoms with Crippen LogP contribution in [0.5, 0.6) is 0 Å². The molecule has 0 saturated carbocycles. The molecule has 1 saturated heterocycles. The van der Waals surface area contributed by atoms with E-state index in [0.29, 0.717) is 6.04 Å². The lowest BCUT2D eigenvalue weighted by Gasteiger charge is -2.37. The van der Waals surface area contributed by atoms with Gasteiger partial charge in [-0.25, -0.2) is 0 Å². The van der Waals surface area contributed by atoms with E-state index >= 15 is 0 Å². The van der Waals surface area contributed by atoms with E-state index in [4.69, 9.17) is 0 Å². The fourth-order valence-corrected chi connectivity index (χ4v) is 2.78. The summed E-state index contributed by atoms with van der Waals surface area (Å²) in [4.78, 5) is 16.3. The quantitative estimate of drug-likeness (QED) is 0.753. The Bertz CT molecular complexity index is 354. The van der Waals surface area contributed by atoms with Crippen LogP contribution in [0.1, 0.15) is 23.5 Å². The minimum Gasteiger partial charge on any atom is -0.368 e. The van der Waals surface area contributed by atoms with Gasteiger partial charge in [0.2, 0.25) is 0 Å². The summed E-state index contributed by atoms with van der Waals surface area (Å²) in [6.07, 6.45) is 0.929. The molecule has 16 heavy (non-hydrogen) atoms. The molecule has 88 valence electrons. The van der Waals surface area contributed by atoms with Crippen molar-refractivity contribution in [2.75, 3.05) is 31.1 Å². The molecule has 0 bridgehead atoms. The van der Waals surface area contributed by atoms with E-state index in [9.17, 15) is 4.79 Å². The summed E-state index contributed by atoms with van der Waals surface area (Å²) < 4.78 is 0. The van der Waals surface area contributed by atoms with Crippen molar-refractivity contribution < 1.29 is 4.79 Å². The van der Waals surface area contributed by atoms with E-state index in [-0.39, 0.29) is 0 Å². The summed E-state index contributed by atoms with van der Waals surface area (Å²) in [6, 6.07) is 2.62. The van der Waals surface area contributed by atoms with Crippen molar-refractivity contribution in [3.63, 3.8) is 0 Å². The number of nitrogens with zero attached hydrogens (tertiary/aromatic N) is 2. The number of hydrogen-bond acceptors (Lipinski definition) is 4. The zero-order valence-electron chi connectivity index (χ0n) is 9.85. The van der Waals surface area contributed by atoms with Gasteiger partial charge in [0.1, 0.15) is 0 Å². The molecule has 0 unspecified atom stereocenters. The third-order valence-electron chi connectivity index (χ3n) is 3.13. The van der Waals surface area contributed by atoms with Crippen molar-refractivity contribution in [2.45, 2.75) is 19.9 Å². The third kappa shape index (κ3) is 2.44.